The van der Waals surface area contributed by atoms with Gasteiger partial charge in [-0.25, -0.2) is 0 Å². The number of hydrogen-bond donors (Lipinski definition) is 2. The number of halogens is 1. The fraction of sp³-hybridized carbons (Fsp3) is 0.696. The first-order valence-corrected chi connectivity index (χ1v) is 11.4. The zero-order valence-electron chi connectivity index (χ0n) is 19.5. The predicted octanol–water partition coefficient (Wildman–Crippen LogP) is 2.25. The zero-order chi connectivity index (χ0) is 21.2. The van der Waals surface area contributed by atoms with Gasteiger partial charge in [-0.15, -0.1) is 24.0 Å². The molecule has 1 unspecified atom stereocenters. The van der Waals surface area contributed by atoms with Crippen LogP contribution in [-0.4, -0.2) is 101 Å². The highest BCUT2D eigenvalue weighted by Crippen LogP contribution is 2.31. The fourth-order valence-electron chi connectivity index (χ4n) is 4.50. The van der Waals surface area contributed by atoms with Crippen LogP contribution in [0.2, 0.25) is 0 Å². The molecule has 0 saturated carbocycles. The van der Waals surface area contributed by atoms with Crippen LogP contribution in [0.15, 0.2) is 29.3 Å². The fourth-order valence-corrected chi connectivity index (χ4v) is 4.50. The summed E-state index contributed by atoms with van der Waals surface area (Å²) in [5, 5.41) is 7.08. The van der Waals surface area contributed by atoms with E-state index in [1.54, 1.807) is 7.11 Å². The summed E-state index contributed by atoms with van der Waals surface area (Å²) in [5.41, 5.74) is 1.25. The van der Waals surface area contributed by atoms with Crippen molar-refractivity contribution >= 4 is 29.9 Å². The van der Waals surface area contributed by atoms with E-state index in [2.05, 4.69) is 55.6 Å². The van der Waals surface area contributed by atoms with E-state index in [9.17, 15) is 0 Å². The summed E-state index contributed by atoms with van der Waals surface area (Å²) in [6.07, 6.45) is 3.78. The van der Waals surface area contributed by atoms with Crippen LogP contribution in [-0.2, 0) is 0 Å². The maximum Gasteiger partial charge on any atom is 0.191 e. The van der Waals surface area contributed by atoms with Crippen LogP contribution < -0.4 is 15.4 Å². The van der Waals surface area contributed by atoms with Gasteiger partial charge in [0.2, 0.25) is 0 Å². The molecule has 0 amide bonds. The van der Waals surface area contributed by atoms with Crippen molar-refractivity contribution in [2.45, 2.75) is 25.3 Å². The summed E-state index contributed by atoms with van der Waals surface area (Å²) in [4.78, 5) is 12.0. The first kappa shape index (κ1) is 26.2. The molecule has 2 N–H and O–H groups in total. The molecule has 2 aliphatic heterocycles. The summed E-state index contributed by atoms with van der Waals surface area (Å²) in [7, 11) is 5.82. The van der Waals surface area contributed by atoms with Gasteiger partial charge in [0.05, 0.1) is 13.2 Å². The molecule has 176 valence electrons. The SMILES string of the molecule is CN=C(NCCN1CCCN(C)CC1)NCC(c1ccccc1OC)N1CCCC1.I. The van der Waals surface area contributed by atoms with Gasteiger partial charge in [0, 0.05) is 45.3 Å². The van der Waals surface area contributed by atoms with Gasteiger partial charge >= 0.3 is 0 Å². The van der Waals surface area contributed by atoms with E-state index in [1.807, 2.05) is 13.1 Å². The van der Waals surface area contributed by atoms with Crippen LogP contribution in [0.5, 0.6) is 5.75 Å². The predicted molar refractivity (Wildman–Crippen MR) is 140 cm³/mol. The molecule has 8 heteroatoms. The minimum atomic E-state index is 0. The highest BCUT2D eigenvalue weighted by Gasteiger charge is 2.26. The quantitative estimate of drug-likeness (QED) is 0.298. The van der Waals surface area contributed by atoms with E-state index in [-0.39, 0.29) is 30.0 Å². The number of rotatable bonds is 8. The Kier molecular flexibility index (Phi) is 11.9. The average molecular weight is 545 g/mol. The molecule has 0 radical (unpaired) electrons. The molecule has 7 nitrogen and oxygen atoms in total. The second kappa shape index (κ2) is 14.1. The lowest BCUT2D eigenvalue weighted by Gasteiger charge is -2.30. The zero-order valence-corrected chi connectivity index (χ0v) is 21.8. The number of aliphatic imine (C=N–C) groups is 1. The van der Waals surface area contributed by atoms with Crippen LogP contribution in [0.25, 0.3) is 0 Å². The smallest absolute Gasteiger partial charge is 0.191 e. The highest BCUT2D eigenvalue weighted by molar-refractivity contribution is 14.0. The topological polar surface area (TPSA) is 55.4 Å². The molecule has 3 rings (SSSR count). The Hall–Kier alpha value is -1.10. The molecule has 31 heavy (non-hydrogen) atoms. The largest absolute Gasteiger partial charge is 0.496 e. The van der Waals surface area contributed by atoms with Gasteiger partial charge < -0.3 is 25.2 Å². The second-order valence-electron chi connectivity index (χ2n) is 8.38. The van der Waals surface area contributed by atoms with E-state index < -0.39 is 0 Å². The van der Waals surface area contributed by atoms with Crippen molar-refractivity contribution in [2.75, 3.05) is 80.1 Å². The number of nitrogens with one attached hydrogen (secondary N) is 2. The average Bonchev–Trinajstić information content (AvgIpc) is 3.22. The third-order valence-corrected chi connectivity index (χ3v) is 6.30. The molecular weight excluding hydrogens is 503 g/mol. The van der Waals surface area contributed by atoms with Crippen molar-refractivity contribution in [1.29, 1.82) is 0 Å². The number of hydrogen-bond acceptors (Lipinski definition) is 5. The summed E-state index contributed by atoms with van der Waals surface area (Å²) in [5.74, 6) is 1.84. The summed E-state index contributed by atoms with van der Waals surface area (Å²) >= 11 is 0. The van der Waals surface area contributed by atoms with E-state index in [0.29, 0.717) is 0 Å². The lowest BCUT2D eigenvalue weighted by molar-refractivity contribution is 0.239. The number of para-hydroxylation sites is 1. The van der Waals surface area contributed by atoms with Crippen LogP contribution in [0.3, 0.4) is 0 Å². The molecule has 2 fully saturated rings. The normalized spacial score (nSPS) is 20.0. The Morgan fingerprint density at radius 3 is 2.55 bits per heavy atom. The van der Waals surface area contributed by atoms with Gasteiger partial charge in [-0.1, -0.05) is 18.2 Å². The molecule has 2 heterocycles. The minimum absolute atomic E-state index is 0. The number of methoxy groups -OCH3 is 1. The van der Waals surface area contributed by atoms with Crippen LogP contribution in [0.4, 0.5) is 0 Å². The molecule has 1 aromatic rings. The van der Waals surface area contributed by atoms with E-state index in [0.717, 1.165) is 57.5 Å². The maximum absolute atomic E-state index is 5.66. The Morgan fingerprint density at radius 2 is 1.81 bits per heavy atom. The molecule has 1 aromatic carbocycles. The van der Waals surface area contributed by atoms with Gasteiger partial charge in [-0.05, 0) is 58.6 Å². The Bertz CT molecular complexity index is 667. The van der Waals surface area contributed by atoms with Crippen molar-refractivity contribution in [3.05, 3.63) is 29.8 Å². The molecule has 2 saturated heterocycles. The number of likely N-dealkylation sites (tertiary alicyclic amines) is 1. The molecule has 2 aliphatic rings. The number of ether oxygens (including phenoxy) is 1. The lowest BCUT2D eigenvalue weighted by atomic mass is 10.0. The standard InChI is InChI=1S/C23H40N6O.HI/c1-24-23(25-11-16-28-13-8-12-27(2)17-18-28)26-19-21(29-14-6-7-15-29)20-9-4-5-10-22(20)30-3;/h4-5,9-10,21H,6-8,11-19H2,1-3H3,(H2,24,25,26);1H. The molecular formula is C23H41IN6O. The summed E-state index contributed by atoms with van der Waals surface area (Å²) in [6, 6.07) is 8.67. The first-order valence-electron chi connectivity index (χ1n) is 11.4. The third-order valence-electron chi connectivity index (χ3n) is 6.30. The van der Waals surface area contributed by atoms with Crippen LogP contribution in [0, 0.1) is 0 Å². The van der Waals surface area contributed by atoms with E-state index in [1.165, 1.54) is 37.9 Å². The highest BCUT2D eigenvalue weighted by atomic mass is 127. The van der Waals surface area contributed by atoms with Gasteiger partial charge in [0.15, 0.2) is 5.96 Å². The number of guanidine groups is 1. The van der Waals surface area contributed by atoms with Crippen molar-refractivity contribution < 1.29 is 4.74 Å². The number of nitrogens with zero attached hydrogens (tertiary/aromatic N) is 4. The molecule has 0 bridgehead atoms. The molecule has 0 aromatic heterocycles. The van der Waals surface area contributed by atoms with Gasteiger partial charge in [0.1, 0.15) is 5.75 Å². The summed E-state index contributed by atoms with van der Waals surface area (Å²) in [6.45, 7) is 9.74. The molecule has 1 atom stereocenters. The number of benzene rings is 1. The Morgan fingerprint density at radius 1 is 1.03 bits per heavy atom. The number of likely N-dealkylation sites (N-methyl/N-ethyl adjacent to an activating group) is 1. The molecule has 0 spiro atoms. The summed E-state index contributed by atoms with van der Waals surface area (Å²) < 4.78 is 5.66. The Balaban J connectivity index is 0.00000341. The van der Waals surface area contributed by atoms with Crippen molar-refractivity contribution in [1.82, 2.24) is 25.3 Å². The minimum Gasteiger partial charge on any atom is -0.496 e. The third kappa shape index (κ3) is 8.07. The van der Waals surface area contributed by atoms with Crippen molar-refractivity contribution in [3.8, 4) is 5.75 Å². The first-order chi connectivity index (χ1) is 14.7. The van der Waals surface area contributed by atoms with E-state index >= 15 is 0 Å². The molecule has 0 aliphatic carbocycles. The van der Waals surface area contributed by atoms with Crippen LogP contribution in [0.1, 0.15) is 30.9 Å². The lowest BCUT2D eigenvalue weighted by Crippen LogP contribution is -2.45. The maximum atomic E-state index is 5.66. The monoisotopic (exact) mass is 544 g/mol. The van der Waals surface area contributed by atoms with Crippen LogP contribution >= 0.6 is 24.0 Å². The van der Waals surface area contributed by atoms with E-state index in [4.69, 9.17) is 4.74 Å². The van der Waals surface area contributed by atoms with Gasteiger partial charge in [0.25, 0.3) is 0 Å². The van der Waals surface area contributed by atoms with Crippen molar-refractivity contribution in [3.63, 3.8) is 0 Å². The van der Waals surface area contributed by atoms with Crippen molar-refractivity contribution in [2.24, 2.45) is 4.99 Å². The Labute approximate surface area is 205 Å². The van der Waals surface area contributed by atoms with Gasteiger partial charge in [-0.3, -0.25) is 9.89 Å². The van der Waals surface area contributed by atoms with Gasteiger partial charge in [-0.2, -0.15) is 0 Å². The second-order valence-corrected chi connectivity index (χ2v) is 8.38.